The van der Waals surface area contributed by atoms with E-state index in [4.69, 9.17) is 0 Å². The fourth-order valence-electron chi connectivity index (χ4n) is 1.80. The van der Waals surface area contributed by atoms with E-state index in [9.17, 15) is 0 Å². The van der Waals surface area contributed by atoms with Crippen molar-refractivity contribution in [2.24, 2.45) is 5.92 Å². The third kappa shape index (κ3) is 3.58. The summed E-state index contributed by atoms with van der Waals surface area (Å²) in [5.41, 5.74) is 0. The molecule has 1 N–H and O–H groups in total. The van der Waals surface area contributed by atoms with Crippen LogP contribution in [-0.2, 0) is 13.0 Å². The molecule has 1 atom stereocenters. The van der Waals surface area contributed by atoms with Gasteiger partial charge in [-0.3, -0.25) is 0 Å². The van der Waals surface area contributed by atoms with Crippen LogP contribution in [0.5, 0.6) is 0 Å². The Morgan fingerprint density at radius 3 is 3.00 bits per heavy atom. The molecule has 1 unspecified atom stereocenters. The minimum atomic E-state index is 0.657. The highest BCUT2D eigenvalue weighted by molar-refractivity contribution is 7.11. The maximum Gasteiger partial charge on any atom is 0.0925 e. The molecule has 15 heavy (non-hydrogen) atoms. The molecular formula is C12H20N2S. The standard InChI is InChI=1S/C12H20N2S/c1-3-12-14-8-11(15-12)7-13-9(2)6-10-4-5-10/h8-10,13H,3-7H2,1-2H3. The summed E-state index contributed by atoms with van der Waals surface area (Å²) in [7, 11) is 0. The summed E-state index contributed by atoms with van der Waals surface area (Å²) in [5.74, 6) is 1.01. The molecule has 0 aliphatic heterocycles. The third-order valence-corrected chi connectivity index (χ3v) is 4.05. The molecule has 1 fully saturated rings. The average Bonchev–Trinajstić information content (AvgIpc) is 2.92. The third-order valence-electron chi connectivity index (χ3n) is 2.91. The Hall–Kier alpha value is -0.410. The summed E-state index contributed by atoms with van der Waals surface area (Å²) in [5, 5.41) is 4.83. The maximum atomic E-state index is 4.36. The molecule has 0 saturated heterocycles. The van der Waals surface area contributed by atoms with Crippen LogP contribution in [0.2, 0.25) is 0 Å². The van der Waals surface area contributed by atoms with Crippen LogP contribution in [0.25, 0.3) is 0 Å². The smallest absolute Gasteiger partial charge is 0.0925 e. The molecule has 0 bridgehead atoms. The molecule has 2 rings (SSSR count). The van der Waals surface area contributed by atoms with E-state index in [-0.39, 0.29) is 0 Å². The molecule has 1 saturated carbocycles. The highest BCUT2D eigenvalue weighted by Gasteiger charge is 2.23. The summed E-state index contributed by atoms with van der Waals surface area (Å²) < 4.78 is 0. The van der Waals surface area contributed by atoms with Crippen molar-refractivity contribution in [3.8, 4) is 0 Å². The zero-order valence-corrected chi connectivity index (χ0v) is 10.4. The molecule has 1 aliphatic rings. The van der Waals surface area contributed by atoms with Crippen molar-refractivity contribution in [1.82, 2.24) is 10.3 Å². The van der Waals surface area contributed by atoms with Crippen molar-refractivity contribution in [3.05, 3.63) is 16.1 Å². The van der Waals surface area contributed by atoms with Crippen LogP contribution in [0.1, 0.15) is 43.0 Å². The van der Waals surface area contributed by atoms with Crippen LogP contribution >= 0.6 is 11.3 Å². The van der Waals surface area contributed by atoms with Crippen molar-refractivity contribution in [1.29, 1.82) is 0 Å². The van der Waals surface area contributed by atoms with E-state index in [1.165, 1.54) is 29.1 Å². The van der Waals surface area contributed by atoms with Gasteiger partial charge in [0.1, 0.15) is 0 Å². The first-order chi connectivity index (χ1) is 7.28. The molecule has 3 heteroatoms. The molecular weight excluding hydrogens is 204 g/mol. The van der Waals surface area contributed by atoms with Crippen LogP contribution in [0.3, 0.4) is 0 Å². The lowest BCUT2D eigenvalue weighted by Crippen LogP contribution is -2.25. The second kappa shape index (κ2) is 5.08. The fraction of sp³-hybridized carbons (Fsp3) is 0.750. The van der Waals surface area contributed by atoms with Gasteiger partial charge in [0.05, 0.1) is 5.01 Å². The molecule has 84 valence electrons. The number of hydrogen-bond acceptors (Lipinski definition) is 3. The average molecular weight is 224 g/mol. The predicted molar refractivity (Wildman–Crippen MR) is 65.1 cm³/mol. The van der Waals surface area contributed by atoms with E-state index in [2.05, 4.69) is 24.1 Å². The Kier molecular flexibility index (Phi) is 3.76. The van der Waals surface area contributed by atoms with Gasteiger partial charge >= 0.3 is 0 Å². The number of aryl methyl sites for hydroxylation is 1. The summed E-state index contributed by atoms with van der Waals surface area (Å²) in [6.45, 7) is 5.44. The van der Waals surface area contributed by atoms with Gasteiger partial charge in [-0.15, -0.1) is 11.3 Å². The van der Waals surface area contributed by atoms with Crippen molar-refractivity contribution in [2.45, 2.75) is 52.1 Å². The highest BCUT2D eigenvalue weighted by atomic mass is 32.1. The van der Waals surface area contributed by atoms with Crippen LogP contribution in [0.15, 0.2) is 6.20 Å². The Labute approximate surface area is 96.1 Å². The molecule has 1 aliphatic carbocycles. The minimum Gasteiger partial charge on any atom is -0.309 e. The van der Waals surface area contributed by atoms with E-state index in [1.54, 1.807) is 0 Å². The van der Waals surface area contributed by atoms with Gasteiger partial charge in [0, 0.05) is 23.7 Å². The SMILES string of the molecule is CCc1ncc(CNC(C)CC2CC2)s1. The van der Waals surface area contributed by atoms with Crippen LogP contribution < -0.4 is 5.32 Å². The Bertz CT molecular complexity index is 304. The summed E-state index contributed by atoms with van der Waals surface area (Å²) in [6.07, 6.45) is 7.32. The van der Waals surface area contributed by atoms with Gasteiger partial charge in [0.25, 0.3) is 0 Å². The van der Waals surface area contributed by atoms with Gasteiger partial charge in [0.15, 0.2) is 0 Å². The van der Waals surface area contributed by atoms with Crippen LogP contribution in [0.4, 0.5) is 0 Å². The summed E-state index contributed by atoms with van der Waals surface area (Å²) >= 11 is 1.84. The van der Waals surface area contributed by atoms with Gasteiger partial charge in [-0.25, -0.2) is 4.98 Å². The first kappa shape index (κ1) is 11.1. The molecule has 0 amide bonds. The van der Waals surface area contributed by atoms with Gasteiger partial charge in [0.2, 0.25) is 0 Å². The Balaban J connectivity index is 1.71. The lowest BCUT2D eigenvalue weighted by molar-refractivity contribution is 0.489. The first-order valence-corrected chi connectivity index (χ1v) is 6.76. The van der Waals surface area contributed by atoms with E-state index < -0.39 is 0 Å². The number of hydrogen-bond donors (Lipinski definition) is 1. The number of aromatic nitrogens is 1. The monoisotopic (exact) mass is 224 g/mol. The maximum absolute atomic E-state index is 4.36. The van der Waals surface area contributed by atoms with Crippen molar-refractivity contribution in [2.75, 3.05) is 0 Å². The second-order valence-electron chi connectivity index (χ2n) is 4.53. The van der Waals surface area contributed by atoms with Gasteiger partial charge in [-0.2, -0.15) is 0 Å². The molecule has 0 spiro atoms. The van der Waals surface area contributed by atoms with E-state index in [1.807, 2.05) is 17.5 Å². The Morgan fingerprint density at radius 1 is 1.60 bits per heavy atom. The second-order valence-corrected chi connectivity index (χ2v) is 5.73. The molecule has 1 aromatic rings. The number of thiazole rings is 1. The van der Waals surface area contributed by atoms with Crippen molar-refractivity contribution in [3.63, 3.8) is 0 Å². The number of nitrogens with one attached hydrogen (secondary N) is 1. The predicted octanol–water partition coefficient (Wildman–Crippen LogP) is 2.98. The van der Waals surface area contributed by atoms with E-state index in [0.29, 0.717) is 6.04 Å². The topological polar surface area (TPSA) is 24.9 Å². The molecule has 0 aromatic carbocycles. The molecule has 2 nitrogen and oxygen atoms in total. The molecule has 0 radical (unpaired) electrons. The van der Waals surface area contributed by atoms with Gasteiger partial charge in [-0.05, 0) is 25.7 Å². The van der Waals surface area contributed by atoms with Gasteiger partial charge in [-0.1, -0.05) is 19.8 Å². The lowest BCUT2D eigenvalue weighted by Gasteiger charge is -2.11. The zero-order chi connectivity index (χ0) is 10.7. The normalized spacial score (nSPS) is 18.0. The molecule has 1 aromatic heterocycles. The highest BCUT2D eigenvalue weighted by Crippen LogP contribution is 2.33. The number of rotatable bonds is 6. The number of nitrogens with zero attached hydrogens (tertiary/aromatic N) is 1. The lowest BCUT2D eigenvalue weighted by atomic mass is 10.1. The van der Waals surface area contributed by atoms with Crippen LogP contribution in [-0.4, -0.2) is 11.0 Å². The molecule has 1 heterocycles. The van der Waals surface area contributed by atoms with Crippen LogP contribution in [0, 0.1) is 5.92 Å². The minimum absolute atomic E-state index is 0.657. The Morgan fingerprint density at radius 2 is 2.40 bits per heavy atom. The van der Waals surface area contributed by atoms with E-state index >= 15 is 0 Å². The quantitative estimate of drug-likeness (QED) is 0.803. The van der Waals surface area contributed by atoms with Crippen molar-refractivity contribution < 1.29 is 0 Å². The summed E-state index contributed by atoms with van der Waals surface area (Å²) in [4.78, 5) is 5.73. The van der Waals surface area contributed by atoms with Crippen molar-refractivity contribution >= 4 is 11.3 Å². The zero-order valence-electron chi connectivity index (χ0n) is 9.62. The van der Waals surface area contributed by atoms with E-state index in [0.717, 1.165) is 18.9 Å². The van der Waals surface area contributed by atoms with Gasteiger partial charge < -0.3 is 5.32 Å². The first-order valence-electron chi connectivity index (χ1n) is 5.95. The fourth-order valence-corrected chi connectivity index (χ4v) is 2.62. The largest absolute Gasteiger partial charge is 0.309 e. The summed E-state index contributed by atoms with van der Waals surface area (Å²) in [6, 6.07) is 0.657.